The van der Waals surface area contributed by atoms with Crippen LogP contribution in [-0.2, 0) is 4.84 Å². The van der Waals surface area contributed by atoms with Crippen LogP contribution in [0.15, 0.2) is 18.2 Å². The molecule has 0 aliphatic carbocycles. The third-order valence-electron chi connectivity index (χ3n) is 2.93. The minimum absolute atomic E-state index is 0.168. The molecular formula is C13H14N2O6. The zero-order valence-electron chi connectivity index (χ0n) is 11.4. The Bertz CT molecular complexity index is 586. The lowest BCUT2D eigenvalue weighted by molar-refractivity contribution is -0.757. The minimum Gasteiger partial charge on any atom is -0.494 e. The van der Waals surface area contributed by atoms with Gasteiger partial charge >= 0.3 is 0 Å². The van der Waals surface area contributed by atoms with Gasteiger partial charge in [0.15, 0.2) is 0 Å². The highest BCUT2D eigenvalue weighted by Gasteiger charge is 2.35. The molecule has 21 heavy (non-hydrogen) atoms. The third kappa shape index (κ3) is 3.10. The molecule has 8 nitrogen and oxygen atoms in total. The Kier molecular flexibility index (Phi) is 4.36. The Morgan fingerprint density at radius 1 is 1.19 bits per heavy atom. The number of imide groups is 1. The lowest BCUT2D eigenvalue weighted by Crippen LogP contribution is -2.33. The fourth-order valence-corrected chi connectivity index (χ4v) is 1.99. The van der Waals surface area contributed by atoms with E-state index in [2.05, 4.69) is 4.84 Å². The lowest BCUT2D eigenvalue weighted by Gasteiger charge is -2.12. The van der Waals surface area contributed by atoms with Crippen LogP contribution in [0.5, 0.6) is 5.75 Å². The molecule has 0 radical (unpaired) electrons. The van der Waals surface area contributed by atoms with Crippen LogP contribution in [0.2, 0.25) is 0 Å². The molecule has 2 rings (SSSR count). The van der Waals surface area contributed by atoms with E-state index >= 15 is 0 Å². The van der Waals surface area contributed by atoms with Gasteiger partial charge in [-0.25, -0.2) is 0 Å². The normalized spacial score (nSPS) is 13.3. The number of benzene rings is 1. The summed E-state index contributed by atoms with van der Waals surface area (Å²) in [7, 11) is 0. The van der Waals surface area contributed by atoms with Gasteiger partial charge in [-0.05, 0) is 24.6 Å². The van der Waals surface area contributed by atoms with Crippen molar-refractivity contribution in [3.05, 3.63) is 39.4 Å². The molecule has 0 spiro atoms. The van der Waals surface area contributed by atoms with Crippen LogP contribution < -0.4 is 4.74 Å². The lowest BCUT2D eigenvalue weighted by atomic mass is 10.1. The van der Waals surface area contributed by atoms with Crippen LogP contribution in [0.4, 0.5) is 0 Å². The largest absolute Gasteiger partial charge is 0.494 e. The van der Waals surface area contributed by atoms with Crippen LogP contribution in [-0.4, -0.2) is 41.6 Å². The molecule has 1 aliphatic rings. The molecular weight excluding hydrogens is 280 g/mol. The molecule has 112 valence electrons. The van der Waals surface area contributed by atoms with Gasteiger partial charge in [-0.2, -0.15) is 0 Å². The number of fused-ring (bicyclic) bond motifs is 1. The van der Waals surface area contributed by atoms with Gasteiger partial charge in [-0.3, -0.25) is 14.5 Å². The molecule has 2 amide bonds. The fraction of sp³-hybridized carbons (Fsp3) is 0.385. The maximum atomic E-state index is 12.1. The summed E-state index contributed by atoms with van der Waals surface area (Å²) in [5.41, 5.74) is 0.514. The first-order valence-corrected chi connectivity index (χ1v) is 6.45. The van der Waals surface area contributed by atoms with Gasteiger partial charge < -0.3 is 9.57 Å². The number of amides is 2. The van der Waals surface area contributed by atoms with Crippen LogP contribution in [0.1, 0.15) is 34.1 Å². The van der Waals surface area contributed by atoms with Crippen LogP contribution in [0.3, 0.4) is 0 Å². The second-order valence-electron chi connectivity index (χ2n) is 4.37. The highest BCUT2D eigenvalue weighted by molar-refractivity contribution is 6.21. The maximum Gasteiger partial charge on any atom is 0.294 e. The summed E-state index contributed by atoms with van der Waals surface area (Å²) >= 11 is 0. The second kappa shape index (κ2) is 6.21. The molecule has 0 N–H and O–H groups in total. The zero-order chi connectivity index (χ0) is 15.4. The van der Waals surface area contributed by atoms with Gasteiger partial charge in [-0.1, -0.05) is 6.92 Å². The smallest absolute Gasteiger partial charge is 0.294 e. The number of carbonyl (C=O) groups excluding carboxylic acids is 2. The molecule has 1 aliphatic heterocycles. The summed E-state index contributed by atoms with van der Waals surface area (Å²) in [4.78, 5) is 39.3. The fourth-order valence-electron chi connectivity index (χ4n) is 1.99. The average Bonchev–Trinajstić information content (AvgIpc) is 2.69. The molecule has 1 aromatic rings. The van der Waals surface area contributed by atoms with E-state index in [1.807, 2.05) is 6.92 Å². The number of carbonyl (C=O) groups is 2. The van der Waals surface area contributed by atoms with E-state index in [1.54, 1.807) is 6.07 Å². The molecule has 0 saturated heterocycles. The van der Waals surface area contributed by atoms with Crippen molar-refractivity contribution in [2.24, 2.45) is 0 Å². The predicted molar refractivity (Wildman–Crippen MR) is 70.5 cm³/mol. The number of rotatable bonds is 7. The first-order valence-electron chi connectivity index (χ1n) is 6.45. The Balaban J connectivity index is 2.11. The Hall–Kier alpha value is -2.64. The minimum atomic E-state index is -0.963. The quantitative estimate of drug-likeness (QED) is 0.426. The van der Waals surface area contributed by atoms with E-state index in [0.29, 0.717) is 12.4 Å². The molecule has 0 unspecified atom stereocenters. The highest BCUT2D eigenvalue weighted by Crippen LogP contribution is 2.26. The first-order chi connectivity index (χ1) is 10.0. The number of hydrogen-bond acceptors (Lipinski definition) is 6. The summed E-state index contributed by atoms with van der Waals surface area (Å²) < 4.78 is 5.42. The molecule has 0 aromatic heterocycles. The van der Waals surface area contributed by atoms with E-state index in [0.717, 1.165) is 11.3 Å². The number of nitrogens with zero attached hydrogens (tertiary/aromatic N) is 2. The monoisotopic (exact) mass is 294 g/mol. The average molecular weight is 294 g/mol. The molecule has 0 bridgehead atoms. The van der Waals surface area contributed by atoms with Gasteiger partial charge in [-0.15, -0.1) is 10.1 Å². The molecule has 0 saturated carbocycles. The standard InChI is InChI=1S/C13H14N2O6/c1-2-6-20-9-3-4-10-11(8-9)13(17)14(12(10)16)5-7-21-15(18)19/h3-4,8H,2,5-7H2,1H3. The van der Waals surface area contributed by atoms with Gasteiger partial charge in [0.25, 0.3) is 16.9 Å². The van der Waals surface area contributed by atoms with E-state index in [1.165, 1.54) is 12.1 Å². The van der Waals surface area contributed by atoms with E-state index < -0.39 is 16.9 Å². The summed E-state index contributed by atoms with van der Waals surface area (Å²) in [5.74, 6) is -0.465. The van der Waals surface area contributed by atoms with Crippen molar-refractivity contribution in [1.82, 2.24) is 4.90 Å². The van der Waals surface area contributed by atoms with Crippen LogP contribution in [0.25, 0.3) is 0 Å². The van der Waals surface area contributed by atoms with Crippen molar-refractivity contribution in [2.45, 2.75) is 13.3 Å². The van der Waals surface area contributed by atoms with Crippen molar-refractivity contribution >= 4 is 11.8 Å². The Labute approximate surface area is 120 Å². The zero-order valence-corrected chi connectivity index (χ0v) is 11.4. The SMILES string of the molecule is CCCOc1ccc2c(c1)C(=O)N(CCO[N+](=O)[O-])C2=O. The van der Waals surface area contributed by atoms with Crippen molar-refractivity contribution in [3.63, 3.8) is 0 Å². The summed E-state index contributed by atoms with van der Waals surface area (Å²) in [6, 6.07) is 4.66. The van der Waals surface area contributed by atoms with Crippen molar-refractivity contribution < 1.29 is 24.3 Å². The highest BCUT2D eigenvalue weighted by atomic mass is 16.9. The van der Waals surface area contributed by atoms with Crippen molar-refractivity contribution in [2.75, 3.05) is 19.8 Å². The third-order valence-corrected chi connectivity index (χ3v) is 2.93. The maximum absolute atomic E-state index is 12.1. The number of ether oxygens (including phenoxy) is 1. The van der Waals surface area contributed by atoms with Crippen LogP contribution in [0, 0.1) is 10.1 Å². The molecule has 8 heteroatoms. The van der Waals surface area contributed by atoms with E-state index in [-0.39, 0.29) is 24.3 Å². The van der Waals surface area contributed by atoms with Gasteiger partial charge in [0, 0.05) is 0 Å². The molecule has 1 heterocycles. The van der Waals surface area contributed by atoms with E-state index in [4.69, 9.17) is 4.74 Å². The Morgan fingerprint density at radius 2 is 1.90 bits per heavy atom. The second-order valence-corrected chi connectivity index (χ2v) is 4.37. The summed E-state index contributed by atoms with van der Waals surface area (Å²) in [6.45, 7) is 1.95. The predicted octanol–water partition coefficient (Wildman–Crippen LogP) is 1.28. The summed E-state index contributed by atoms with van der Waals surface area (Å²) in [6.07, 6.45) is 0.828. The van der Waals surface area contributed by atoms with Crippen molar-refractivity contribution in [1.29, 1.82) is 0 Å². The first kappa shape index (κ1) is 14.8. The molecule has 0 atom stereocenters. The Morgan fingerprint density at radius 3 is 2.57 bits per heavy atom. The molecule has 0 fully saturated rings. The van der Waals surface area contributed by atoms with Crippen molar-refractivity contribution in [3.8, 4) is 5.75 Å². The number of hydrogen-bond donors (Lipinski definition) is 0. The topological polar surface area (TPSA) is 99.0 Å². The van der Waals surface area contributed by atoms with Gasteiger partial charge in [0.2, 0.25) is 0 Å². The summed E-state index contributed by atoms with van der Waals surface area (Å²) in [5, 5.41) is 9.11. The molecule has 1 aromatic carbocycles. The van der Waals surface area contributed by atoms with Crippen LogP contribution >= 0.6 is 0 Å². The van der Waals surface area contributed by atoms with Gasteiger partial charge in [0.05, 0.1) is 24.3 Å². The van der Waals surface area contributed by atoms with E-state index in [9.17, 15) is 19.7 Å². The van der Waals surface area contributed by atoms with Gasteiger partial charge in [0.1, 0.15) is 12.4 Å².